The van der Waals surface area contributed by atoms with Crippen LogP contribution in [0, 0.1) is 5.92 Å². The van der Waals surface area contributed by atoms with Crippen LogP contribution in [0.25, 0.3) is 10.8 Å². The van der Waals surface area contributed by atoms with Crippen molar-refractivity contribution in [3.05, 3.63) is 48.0 Å². The molecule has 0 radical (unpaired) electrons. The maximum absolute atomic E-state index is 12.3. The fourth-order valence-electron chi connectivity index (χ4n) is 3.60. The molecule has 2 saturated heterocycles. The van der Waals surface area contributed by atoms with Gasteiger partial charge in [-0.3, -0.25) is 0 Å². The predicted octanol–water partition coefficient (Wildman–Crippen LogP) is 3.39. The molecule has 2 heterocycles. The van der Waals surface area contributed by atoms with Gasteiger partial charge in [-0.2, -0.15) is 0 Å². The van der Waals surface area contributed by atoms with Gasteiger partial charge < -0.3 is 19.5 Å². The van der Waals surface area contributed by atoms with Gasteiger partial charge in [-0.25, -0.2) is 4.79 Å². The quantitative estimate of drug-likeness (QED) is 0.939. The minimum Gasteiger partial charge on any atom is -0.443 e. The zero-order valence-electron chi connectivity index (χ0n) is 13.6. The number of benzene rings is 2. The van der Waals surface area contributed by atoms with Gasteiger partial charge in [-0.1, -0.05) is 42.5 Å². The molecule has 5 heteroatoms. The highest BCUT2D eigenvalue weighted by Crippen LogP contribution is 2.33. The van der Waals surface area contributed by atoms with Crippen molar-refractivity contribution in [2.45, 2.75) is 31.8 Å². The molecule has 2 aliphatic heterocycles. The Morgan fingerprint density at radius 2 is 2.04 bits per heavy atom. The molecule has 4 rings (SSSR count). The molecule has 0 spiro atoms. The number of alkyl carbamates (subject to hydrolysis) is 1. The van der Waals surface area contributed by atoms with Gasteiger partial charge in [-0.15, -0.1) is 0 Å². The average molecular weight is 327 g/mol. The molecule has 1 N–H and O–H groups in total. The Morgan fingerprint density at radius 1 is 1.21 bits per heavy atom. The van der Waals surface area contributed by atoms with Crippen LogP contribution in [-0.2, 0) is 14.2 Å². The number of hydrogen-bond acceptors (Lipinski definition) is 4. The van der Waals surface area contributed by atoms with Crippen molar-refractivity contribution < 1.29 is 19.0 Å². The van der Waals surface area contributed by atoms with Crippen molar-refractivity contribution in [1.82, 2.24) is 5.32 Å². The second-order valence-corrected chi connectivity index (χ2v) is 6.40. The molecular formula is C19H21NO4. The lowest BCUT2D eigenvalue weighted by atomic mass is 10.00. The number of nitrogens with one attached hydrogen (secondary N) is 1. The van der Waals surface area contributed by atoms with Crippen molar-refractivity contribution in [2.75, 3.05) is 13.2 Å². The maximum atomic E-state index is 12.3. The van der Waals surface area contributed by atoms with E-state index >= 15 is 0 Å². The summed E-state index contributed by atoms with van der Waals surface area (Å²) in [5, 5.41) is 5.24. The maximum Gasteiger partial charge on any atom is 0.407 e. The SMILES string of the molecule is C[C@@H](NC(=O)O[C@H]1CO[C@H]2OCC[C@H]21)c1cccc2ccccc12. The van der Waals surface area contributed by atoms with E-state index in [4.69, 9.17) is 14.2 Å². The van der Waals surface area contributed by atoms with Crippen LogP contribution >= 0.6 is 0 Å². The van der Waals surface area contributed by atoms with Crippen LogP contribution in [-0.4, -0.2) is 31.7 Å². The highest BCUT2D eigenvalue weighted by Gasteiger charge is 2.43. The number of carbonyl (C=O) groups excluding carboxylic acids is 1. The zero-order chi connectivity index (χ0) is 16.5. The lowest BCUT2D eigenvalue weighted by Crippen LogP contribution is -2.34. The molecule has 0 unspecified atom stereocenters. The van der Waals surface area contributed by atoms with Crippen LogP contribution in [0.5, 0.6) is 0 Å². The molecule has 4 atom stereocenters. The molecule has 2 aromatic rings. The van der Waals surface area contributed by atoms with Crippen LogP contribution in [0.3, 0.4) is 0 Å². The molecule has 1 amide bonds. The number of hydrogen-bond donors (Lipinski definition) is 1. The van der Waals surface area contributed by atoms with Crippen molar-refractivity contribution in [1.29, 1.82) is 0 Å². The Kier molecular flexibility index (Phi) is 4.12. The second kappa shape index (κ2) is 6.42. The topological polar surface area (TPSA) is 56.8 Å². The van der Waals surface area contributed by atoms with Crippen molar-refractivity contribution in [3.63, 3.8) is 0 Å². The number of amides is 1. The smallest absolute Gasteiger partial charge is 0.407 e. The third kappa shape index (κ3) is 2.85. The molecular weight excluding hydrogens is 306 g/mol. The molecule has 2 aromatic carbocycles. The summed E-state index contributed by atoms with van der Waals surface area (Å²) < 4.78 is 16.5. The van der Waals surface area contributed by atoms with Crippen LogP contribution in [0.1, 0.15) is 24.9 Å². The highest BCUT2D eigenvalue weighted by atomic mass is 16.7. The summed E-state index contributed by atoms with van der Waals surface area (Å²) in [4.78, 5) is 12.3. The molecule has 0 aromatic heterocycles. The summed E-state index contributed by atoms with van der Waals surface area (Å²) in [6.45, 7) is 3.05. The molecule has 2 fully saturated rings. The molecule has 0 aliphatic carbocycles. The van der Waals surface area contributed by atoms with Gasteiger partial charge >= 0.3 is 6.09 Å². The lowest BCUT2D eigenvalue weighted by Gasteiger charge is -2.20. The monoisotopic (exact) mass is 327 g/mol. The summed E-state index contributed by atoms with van der Waals surface area (Å²) in [5.41, 5.74) is 1.08. The first-order valence-electron chi connectivity index (χ1n) is 8.40. The standard InChI is InChI=1S/C19H21NO4/c1-12(14-8-4-6-13-5-2-3-7-15(13)14)20-19(21)24-17-11-23-18-16(17)9-10-22-18/h2-8,12,16-18H,9-11H2,1H3,(H,20,21)/t12-,16+,17+,18-/m1/s1. The van der Waals surface area contributed by atoms with Crippen molar-refractivity contribution >= 4 is 16.9 Å². The predicted molar refractivity (Wildman–Crippen MR) is 89.6 cm³/mol. The van der Waals surface area contributed by atoms with Crippen molar-refractivity contribution in [3.8, 4) is 0 Å². The molecule has 0 saturated carbocycles. The van der Waals surface area contributed by atoms with E-state index in [9.17, 15) is 4.79 Å². The third-order valence-electron chi connectivity index (χ3n) is 4.87. The summed E-state index contributed by atoms with van der Waals surface area (Å²) in [7, 11) is 0. The first kappa shape index (κ1) is 15.4. The van der Waals surface area contributed by atoms with E-state index < -0.39 is 6.09 Å². The van der Waals surface area contributed by atoms with Crippen LogP contribution < -0.4 is 5.32 Å². The van der Waals surface area contributed by atoms with Gasteiger partial charge in [0.15, 0.2) is 6.29 Å². The fourth-order valence-corrected chi connectivity index (χ4v) is 3.60. The van der Waals surface area contributed by atoms with Gasteiger partial charge in [-0.05, 0) is 29.7 Å². The second-order valence-electron chi connectivity index (χ2n) is 6.40. The van der Waals surface area contributed by atoms with Gasteiger partial charge in [0.05, 0.1) is 25.2 Å². The third-order valence-corrected chi connectivity index (χ3v) is 4.87. The fraction of sp³-hybridized carbons (Fsp3) is 0.421. The normalized spacial score (nSPS) is 27.0. The molecule has 126 valence electrons. The van der Waals surface area contributed by atoms with E-state index in [1.54, 1.807) is 0 Å². The van der Waals surface area contributed by atoms with Gasteiger partial charge in [0.25, 0.3) is 0 Å². The van der Waals surface area contributed by atoms with Crippen molar-refractivity contribution in [2.24, 2.45) is 5.92 Å². The largest absolute Gasteiger partial charge is 0.443 e. The van der Waals surface area contributed by atoms with E-state index in [1.165, 1.54) is 0 Å². The summed E-state index contributed by atoms with van der Waals surface area (Å²) in [5.74, 6) is 0.156. The van der Waals surface area contributed by atoms with E-state index in [2.05, 4.69) is 23.5 Å². The van der Waals surface area contributed by atoms with Crippen LogP contribution in [0.15, 0.2) is 42.5 Å². The van der Waals surface area contributed by atoms with E-state index in [0.717, 1.165) is 22.8 Å². The van der Waals surface area contributed by atoms with E-state index in [0.29, 0.717) is 13.2 Å². The van der Waals surface area contributed by atoms with E-state index in [1.807, 2.05) is 31.2 Å². The zero-order valence-corrected chi connectivity index (χ0v) is 13.6. The molecule has 24 heavy (non-hydrogen) atoms. The lowest BCUT2D eigenvalue weighted by molar-refractivity contribution is -0.0907. The Bertz CT molecular complexity index is 742. The summed E-state index contributed by atoms with van der Waals surface area (Å²) >= 11 is 0. The first-order valence-corrected chi connectivity index (χ1v) is 8.40. The van der Waals surface area contributed by atoms with Gasteiger partial charge in [0.1, 0.15) is 6.10 Å². The Hall–Kier alpha value is -2.11. The minimum atomic E-state index is -0.406. The Labute approximate surface area is 140 Å². The first-order chi connectivity index (χ1) is 11.7. The number of ether oxygens (including phenoxy) is 3. The summed E-state index contributed by atoms with van der Waals surface area (Å²) in [6, 6.07) is 14.1. The number of fused-ring (bicyclic) bond motifs is 2. The average Bonchev–Trinajstić information content (AvgIpc) is 3.19. The van der Waals surface area contributed by atoms with E-state index in [-0.39, 0.29) is 24.4 Å². The number of rotatable bonds is 3. The minimum absolute atomic E-state index is 0.137. The Morgan fingerprint density at radius 3 is 2.96 bits per heavy atom. The molecule has 2 aliphatic rings. The highest BCUT2D eigenvalue weighted by molar-refractivity contribution is 5.86. The van der Waals surface area contributed by atoms with Gasteiger partial charge in [0, 0.05) is 0 Å². The summed E-state index contributed by atoms with van der Waals surface area (Å²) in [6.07, 6.45) is 0.0358. The van der Waals surface area contributed by atoms with Crippen LogP contribution in [0.4, 0.5) is 4.79 Å². The molecule has 5 nitrogen and oxygen atoms in total. The van der Waals surface area contributed by atoms with Crippen LogP contribution in [0.2, 0.25) is 0 Å². The van der Waals surface area contributed by atoms with Gasteiger partial charge in [0.2, 0.25) is 0 Å². The Balaban J connectivity index is 1.43. The number of carbonyl (C=O) groups is 1. The molecule has 0 bridgehead atoms.